The number of hydrogen-bond donors (Lipinski definition) is 0. The smallest absolute Gasteiger partial charge is 0.0960 e. The summed E-state index contributed by atoms with van der Waals surface area (Å²) in [7, 11) is 4.43. The van der Waals surface area contributed by atoms with E-state index in [4.69, 9.17) is 4.98 Å². The molecule has 5 heteroatoms. The van der Waals surface area contributed by atoms with Crippen LogP contribution in [-0.4, -0.2) is 73.0 Å². The average Bonchev–Trinajstić information content (AvgIpc) is 2.91. The highest BCUT2D eigenvalue weighted by atomic mass is 32.1. The summed E-state index contributed by atoms with van der Waals surface area (Å²) in [5.41, 5.74) is 1.29. The third-order valence-electron chi connectivity index (χ3n) is 4.62. The van der Waals surface area contributed by atoms with E-state index in [1.165, 1.54) is 62.8 Å². The van der Waals surface area contributed by atoms with Crippen molar-refractivity contribution in [2.75, 3.05) is 53.4 Å². The number of rotatable bonds is 3. The zero-order chi connectivity index (χ0) is 13.9. The Morgan fingerprint density at radius 3 is 2.40 bits per heavy atom. The Morgan fingerprint density at radius 1 is 1.05 bits per heavy atom. The summed E-state index contributed by atoms with van der Waals surface area (Å²) >= 11 is 1.88. The average molecular weight is 294 g/mol. The maximum atomic E-state index is 4.92. The molecule has 112 valence electrons. The van der Waals surface area contributed by atoms with Crippen LogP contribution >= 0.6 is 11.3 Å². The molecule has 0 N–H and O–H groups in total. The molecule has 0 aromatic carbocycles. The first-order valence-electron chi connectivity index (χ1n) is 7.74. The number of piperidine rings is 1. The number of hydrogen-bond acceptors (Lipinski definition) is 5. The van der Waals surface area contributed by atoms with Crippen molar-refractivity contribution in [3.63, 3.8) is 0 Å². The minimum atomic E-state index is 0.706. The van der Waals surface area contributed by atoms with Crippen LogP contribution in [0.1, 0.15) is 29.5 Å². The van der Waals surface area contributed by atoms with Gasteiger partial charge in [-0.2, -0.15) is 0 Å². The van der Waals surface area contributed by atoms with Gasteiger partial charge in [-0.3, -0.25) is 4.90 Å². The van der Waals surface area contributed by atoms with Crippen LogP contribution in [0.4, 0.5) is 0 Å². The van der Waals surface area contributed by atoms with Crippen molar-refractivity contribution in [3.8, 4) is 0 Å². The highest BCUT2D eigenvalue weighted by Gasteiger charge is 2.22. The van der Waals surface area contributed by atoms with Gasteiger partial charge in [-0.05, 0) is 40.0 Å². The summed E-state index contributed by atoms with van der Waals surface area (Å²) in [6.07, 6.45) is 2.55. The molecule has 0 unspecified atom stereocenters. The molecule has 1 aromatic rings. The van der Waals surface area contributed by atoms with Gasteiger partial charge in [0, 0.05) is 44.0 Å². The van der Waals surface area contributed by atoms with Gasteiger partial charge >= 0.3 is 0 Å². The van der Waals surface area contributed by atoms with Gasteiger partial charge in [-0.1, -0.05) is 0 Å². The van der Waals surface area contributed by atoms with E-state index < -0.39 is 0 Å². The van der Waals surface area contributed by atoms with Crippen molar-refractivity contribution in [2.45, 2.75) is 25.3 Å². The van der Waals surface area contributed by atoms with E-state index >= 15 is 0 Å². The molecule has 2 aliphatic rings. The van der Waals surface area contributed by atoms with Crippen molar-refractivity contribution in [1.29, 1.82) is 0 Å². The first-order chi connectivity index (χ1) is 9.70. The molecule has 0 amide bonds. The lowest BCUT2D eigenvalue weighted by atomic mass is 9.98. The van der Waals surface area contributed by atoms with E-state index in [-0.39, 0.29) is 0 Å². The standard InChI is InChI=1S/C15H26N4S/c1-17-5-3-13(4-6-17)15-16-14(12-20-15)11-19-9-7-18(2)8-10-19/h12-13H,3-11H2,1-2H3. The number of nitrogens with zero attached hydrogens (tertiary/aromatic N) is 4. The Balaban J connectivity index is 1.54. The van der Waals surface area contributed by atoms with Crippen LogP contribution in [0.25, 0.3) is 0 Å². The lowest BCUT2D eigenvalue weighted by Gasteiger charge is -2.31. The largest absolute Gasteiger partial charge is 0.306 e. The first-order valence-corrected chi connectivity index (χ1v) is 8.62. The fraction of sp³-hybridized carbons (Fsp3) is 0.800. The molecule has 1 aromatic heterocycles. The molecule has 2 aliphatic heterocycles. The van der Waals surface area contributed by atoms with Gasteiger partial charge in [-0.25, -0.2) is 4.98 Å². The molecule has 0 atom stereocenters. The van der Waals surface area contributed by atoms with Crippen molar-refractivity contribution in [2.24, 2.45) is 0 Å². The normalized spacial score (nSPS) is 24.3. The molecule has 4 nitrogen and oxygen atoms in total. The maximum absolute atomic E-state index is 4.92. The van der Waals surface area contributed by atoms with Gasteiger partial charge in [0.15, 0.2) is 0 Å². The first kappa shape index (κ1) is 14.4. The van der Waals surface area contributed by atoms with Crippen molar-refractivity contribution >= 4 is 11.3 Å². The SMILES string of the molecule is CN1CCC(c2nc(CN3CCN(C)CC3)cs2)CC1. The van der Waals surface area contributed by atoms with Crippen molar-refractivity contribution < 1.29 is 0 Å². The van der Waals surface area contributed by atoms with Gasteiger partial charge in [0.2, 0.25) is 0 Å². The molecule has 0 radical (unpaired) electrons. The monoisotopic (exact) mass is 294 g/mol. The van der Waals surface area contributed by atoms with E-state index in [2.05, 4.69) is 34.2 Å². The summed E-state index contributed by atoms with van der Waals surface area (Å²) in [5, 5.41) is 3.66. The van der Waals surface area contributed by atoms with Crippen LogP contribution < -0.4 is 0 Å². The highest BCUT2D eigenvalue weighted by Crippen LogP contribution is 2.30. The van der Waals surface area contributed by atoms with E-state index in [0.29, 0.717) is 5.92 Å². The predicted molar refractivity (Wildman–Crippen MR) is 84.4 cm³/mol. The second kappa shape index (κ2) is 6.52. The molecule has 3 heterocycles. The van der Waals surface area contributed by atoms with Crippen LogP contribution in [0, 0.1) is 0 Å². The highest BCUT2D eigenvalue weighted by molar-refractivity contribution is 7.09. The molecule has 0 spiro atoms. The van der Waals surface area contributed by atoms with Crippen LogP contribution in [-0.2, 0) is 6.54 Å². The van der Waals surface area contributed by atoms with Gasteiger partial charge in [-0.15, -0.1) is 11.3 Å². The molecule has 2 fully saturated rings. The summed E-state index contributed by atoms with van der Waals surface area (Å²) in [6, 6.07) is 0. The molecule has 0 aliphatic carbocycles. The minimum absolute atomic E-state index is 0.706. The number of piperazine rings is 1. The third kappa shape index (κ3) is 3.58. The van der Waals surface area contributed by atoms with E-state index in [1.54, 1.807) is 0 Å². The number of likely N-dealkylation sites (N-methyl/N-ethyl adjacent to an activating group) is 1. The molecular weight excluding hydrogens is 268 g/mol. The molecule has 3 rings (SSSR count). The Labute approximate surface area is 126 Å². The summed E-state index contributed by atoms with van der Waals surface area (Å²) < 4.78 is 0. The zero-order valence-corrected chi connectivity index (χ0v) is 13.5. The Hall–Kier alpha value is -0.490. The van der Waals surface area contributed by atoms with Crippen molar-refractivity contribution in [3.05, 3.63) is 16.1 Å². The number of aromatic nitrogens is 1. The summed E-state index contributed by atoms with van der Waals surface area (Å²) in [6.45, 7) is 8.21. The fourth-order valence-electron chi connectivity index (χ4n) is 3.07. The minimum Gasteiger partial charge on any atom is -0.306 e. The summed E-state index contributed by atoms with van der Waals surface area (Å²) in [5.74, 6) is 0.706. The topological polar surface area (TPSA) is 22.6 Å². The second-order valence-electron chi connectivity index (χ2n) is 6.33. The van der Waals surface area contributed by atoms with Gasteiger partial charge in [0.05, 0.1) is 10.7 Å². The van der Waals surface area contributed by atoms with Gasteiger partial charge < -0.3 is 9.80 Å². The van der Waals surface area contributed by atoms with Gasteiger partial charge in [0.25, 0.3) is 0 Å². The quantitative estimate of drug-likeness (QED) is 0.846. The predicted octanol–water partition coefficient (Wildman–Crippen LogP) is 1.70. The number of thiazole rings is 1. The van der Waals surface area contributed by atoms with Crippen molar-refractivity contribution in [1.82, 2.24) is 19.7 Å². The van der Waals surface area contributed by atoms with Crippen LogP contribution in [0.15, 0.2) is 5.38 Å². The molecule has 2 saturated heterocycles. The van der Waals surface area contributed by atoms with Crippen LogP contribution in [0.2, 0.25) is 0 Å². The van der Waals surface area contributed by atoms with Crippen LogP contribution in [0.3, 0.4) is 0 Å². The van der Waals surface area contributed by atoms with E-state index in [1.807, 2.05) is 11.3 Å². The lowest BCUT2D eigenvalue weighted by Crippen LogP contribution is -2.43. The maximum Gasteiger partial charge on any atom is 0.0960 e. The number of likely N-dealkylation sites (tertiary alicyclic amines) is 1. The molecule has 20 heavy (non-hydrogen) atoms. The Bertz CT molecular complexity index is 417. The Kier molecular flexibility index (Phi) is 4.71. The molecule has 0 saturated carbocycles. The van der Waals surface area contributed by atoms with Crippen LogP contribution in [0.5, 0.6) is 0 Å². The molecular formula is C15H26N4S. The second-order valence-corrected chi connectivity index (χ2v) is 7.22. The zero-order valence-electron chi connectivity index (χ0n) is 12.7. The van der Waals surface area contributed by atoms with E-state index in [9.17, 15) is 0 Å². The lowest BCUT2D eigenvalue weighted by molar-refractivity contribution is 0.147. The molecule has 0 bridgehead atoms. The van der Waals surface area contributed by atoms with Gasteiger partial charge in [0.1, 0.15) is 0 Å². The Morgan fingerprint density at radius 2 is 1.70 bits per heavy atom. The summed E-state index contributed by atoms with van der Waals surface area (Å²) in [4.78, 5) is 12.3. The fourth-order valence-corrected chi connectivity index (χ4v) is 4.06. The van der Waals surface area contributed by atoms with E-state index in [0.717, 1.165) is 6.54 Å². The third-order valence-corrected chi connectivity index (χ3v) is 5.67.